The molecule has 1 amide bonds. The molecule has 0 aliphatic rings. The molecule has 0 unspecified atom stereocenters. The second-order valence-electron chi connectivity index (χ2n) is 3.43. The van der Waals surface area contributed by atoms with Gasteiger partial charge < -0.3 is 15.5 Å². The number of carbonyl (C=O) groups excluding carboxylic acids is 1. The van der Waals surface area contributed by atoms with Crippen LogP contribution in [0.4, 0.5) is 0 Å². The van der Waals surface area contributed by atoms with Crippen molar-refractivity contribution in [2.24, 2.45) is 5.73 Å². The van der Waals surface area contributed by atoms with Crippen LogP contribution in [0.15, 0.2) is 22.8 Å². The molecular formula is C11H18N2O2. The topological polar surface area (TPSA) is 68.3 Å². The summed E-state index contributed by atoms with van der Waals surface area (Å²) < 4.78 is 5.13. The summed E-state index contributed by atoms with van der Waals surface area (Å²) in [6, 6.07) is 3.70. The van der Waals surface area contributed by atoms with E-state index in [9.17, 15) is 4.79 Å². The summed E-state index contributed by atoms with van der Waals surface area (Å²) in [7, 11) is 0. The van der Waals surface area contributed by atoms with Gasteiger partial charge in [0.15, 0.2) is 0 Å². The molecule has 0 bridgehead atoms. The zero-order valence-electron chi connectivity index (χ0n) is 8.87. The highest BCUT2D eigenvalue weighted by Gasteiger charge is 2.02. The number of rotatable bonds is 7. The zero-order valence-corrected chi connectivity index (χ0v) is 8.87. The molecule has 0 atom stereocenters. The molecule has 0 radical (unpaired) electrons. The van der Waals surface area contributed by atoms with E-state index in [1.807, 2.05) is 12.1 Å². The van der Waals surface area contributed by atoms with Gasteiger partial charge in [-0.05, 0) is 31.5 Å². The first-order chi connectivity index (χ1) is 7.33. The van der Waals surface area contributed by atoms with Crippen LogP contribution in [0.2, 0.25) is 0 Å². The van der Waals surface area contributed by atoms with Gasteiger partial charge in [0.1, 0.15) is 5.76 Å². The number of unbranched alkanes of at least 4 members (excludes halogenated alkanes) is 1. The minimum atomic E-state index is 0.0726. The maximum absolute atomic E-state index is 11.3. The smallest absolute Gasteiger partial charge is 0.220 e. The fourth-order valence-electron chi connectivity index (χ4n) is 1.28. The number of hydrogen-bond acceptors (Lipinski definition) is 3. The predicted octanol–water partition coefficient (Wildman–Crippen LogP) is 1.07. The molecule has 0 aliphatic heterocycles. The Hall–Kier alpha value is -1.29. The molecule has 4 heteroatoms. The highest BCUT2D eigenvalue weighted by molar-refractivity contribution is 5.75. The van der Waals surface area contributed by atoms with Crippen LogP contribution in [0.25, 0.3) is 0 Å². The average Bonchev–Trinajstić information content (AvgIpc) is 2.74. The van der Waals surface area contributed by atoms with E-state index in [4.69, 9.17) is 10.2 Å². The minimum Gasteiger partial charge on any atom is -0.469 e. The van der Waals surface area contributed by atoms with Crippen molar-refractivity contribution in [2.75, 3.05) is 13.1 Å². The molecule has 0 spiro atoms. The summed E-state index contributed by atoms with van der Waals surface area (Å²) in [5, 5.41) is 2.84. The molecule has 0 saturated heterocycles. The number of carbonyl (C=O) groups is 1. The van der Waals surface area contributed by atoms with Gasteiger partial charge in [-0.15, -0.1) is 0 Å². The van der Waals surface area contributed by atoms with Gasteiger partial charge >= 0.3 is 0 Å². The second-order valence-corrected chi connectivity index (χ2v) is 3.43. The normalized spacial score (nSPS) is 10.2. The molecule has 1 heterocycles. The zero-order chi connectivity index (χ0) is 10.9. The standard InChI is InChI=1S/C11H18N2O2/c12-7-1-2-8-13-11(14)6-5-10-4-3-9-15-10/h3-4,9H,1-2,5-8,12H2,(H,13,14). The van der Waals surface area contributed by atoms with Crippen molar-refractivity contribution in [3.05, 3.63) is 24.2 Å². The van der Waals surface area contributed by atoms with E-state index < -0.39 is 0 Å². The van der Waals surface area contributed by atoms with Crippen molar-refractivity contribution in [1.29, 1.82) is 0 Å². The van der Waals surface area contributed by atoms with Crippen LogP contribution in [0, 0.1) is 0 Å². The number of furan rings is 1. The monoisotopic (exact) mass is 210 g/mol. The van der Waals surface area contributed by atoms with E-state index in [0.717, 1.165) is 18.6 Å². The van der Waals surface area contributed by atoms with Gasteiger partial charge in [-0.3, -0.25) is 4.79 Å². The van der Waals surface area contributed by atoms with Crippen molar-refractivity contribution < 1.29 is 9.21 Å². The third kappa shape index (κ3) is 5.22. The molecule has 4 nitrogen and oxygen atoms in total. The molecule has 0 saturated carbocycles. The lowest BCUT2D eigenvalue weighted by molar-refractivity contribution is -0.121. The van der Waals surface area contributed by atoms with Crippen LogP contribution in [0.1, 0.15) is 25.0 Å². The molecule has 1 rings (SSSR count). The Bertz CT molecular complexity index is 270. The Balaban J connectivity index is 2.04. The van der Waals surface area contributed by atoms with Crippen LogP contribution in [-0.2, 0) is 11.2 Å². The van der Waals surface area contributed by atoms with Crippen LogP contribution in [0.3, 0.4) is 0 Å². The van der Waals surface area contributed by atoms with Gasteiger partial charge in [0, 0.05) is 19.4 Å². The quantitative estimate of drug-likeness (QED) is 0.661. The van der Waals surface area contributed by atoms with Crippen LogP contribution in [0.5, 0.6) is 0 Å². The van der Waals surface area contributed by atoms with Crippen LogP contribution in [-0.4, -0.2) is 19.0 Å². The molecule has 0 aromatic carbocycles. The number of amides is 1. The maximum Gasteiger partial charge on any atom is 0.220 e. The maximum atomic E-state index is 11.3. The Labute approximate surface area is 89.8 Å². The number of nitrogens with two attached hydrogens (primary N) is 1. The van der Waals surface area contributed by atoms with Crippen LogP contribution < -0.4 is 11.1 Å². The highest BCUT2D eigenvalue weighted by atomic mass is 16.3. The van der Waals surface area contributed by atoms with Crippen molar-refractivity contribution >= 4 is 5.91 Å². The molecule has 0 fully saturated rings. The van der Waals surface area contributed by atoms with Gasteiger partial charge in [-0.2, -0.15) is 0 Å². The molecule has 3 N–H and O–H groups in total. The summed E-state index contributed by atoms with van der Waals surface area (Å²) in [5.41, 5.74) is 5.34. The third-order valence-electron chi connectivity index (χ3n) is 2.13. The lowest BCUT2D eigenvalue weighted by Gasteiger charge is -2.03. The number of nitrogens with one attached hydrogen (secondary N) is 1. The molecule has 0 aliphatic carbocycles. The minimum absolute atomic E-state index is 0.0726. The Morgan fingerprint density at radius 2 is 2.33 bits per heavy atom. The van der Waals surface area contributed by atoms with Crippen molar-refractivity contribution in [1.82, 2.24) is 5.32 Å². The fourth-order valence-corrected chi connectivity index (χ4v) is 1.28. The summed E-state index contributed by atoms with van der Waals surface area (Å²) in [6.07, 6.45) is 4.67. The van der Waals surface area contributed by atoms with Gasteiger partial charge in [-0.25, -0.2) is 0 Å². The average molecular weight is 210 g/mol. The van der Waals surface area contributed by atoms with Crippen molar-refractivity contribution in [2.45, 2.75) is 25.7 Å². The summed E-state index contributed by atoms with van der Waals surface area (Å²) in [4.78, 5) is 11.3. The Morgan fingerprint density at radius 3 is 3.00 bits per heavy atom. The summed E-state index contributed by atoms with van der Waals surface area (Å²) >= 11 is 0. The van der Waals surface area contributed by atoms with E-state index in [0.29, 0.717) is 25.9 Å². The largest absolute Gasteiger partial charge is 0.469 e. The summed E-state index contributed by atoms with van der Waals surface area (Å²) in [5.74, 6) is 0.926. The van der Waals surface area contributed by atoms with Gasteiger partial charge in [0.2, 0.25) is 5.91 Å². The summed E-state index contributed by atoms with van der Waals surface area (Å²) in [6.45, 7) is 1.40. The lowest BCUT2D eigenvalue weighted by Crippen LogP contribution is -2.25. The van der Waals surface area contributed by atoms with Crippen LogP contribution >= 0.6 is 0 Å². The molecule has 15 heavy (non-hydrogen) atoms. The van der Waals surface area contributed by atoms with Crippen molar-refractivity contribution in [3.63, 3.8) is 0 Å². The van der Waals surface area contributed by atoms with Gasteiger partial charge in [-0.1, -0.05) is 0 Å². The first kappa shape index (κ1) is 11.8. The Kier molecular flexibility index (Phi) is 5.55. The lowest BCUT2D eigenvalue weighted by atomic mass is 10.2. The predicted molar refractivity (Wildman–Crippen MR) is 58.3 cm³/mol. The van der Waals surface area contributed by atoms with Crippen molar-refractivity contribution in [3.8, 4) is 0 Å². The first-order valence-corrected chi connectivity index (χ1v) is 5.32. The molecule has 1 aromatic rings. The fraction of sp³-hybridized carbons (Fsp3) is 0.545. The molecule has 84 valence electrons. The Morgan fingerprint density at radius 1 is 1.47 bits per heavy atom. The SMILES string of the molecule is NCCCCNC(=O)CCc1ccco1. The van der Waals surface area contributed by atoms with E-state index in [2.05, 4.69) is 5.32 Å². The third-order valence-corrected chi connectivity index (χ3v) is 2.13. The van der Waals surface area contributed by atoms with E-state index >= 15 is 0 Å². The molecular weight excluding hydrogens is 192 g/mol. The second kappa shape index (κ2) is 7.06. The van der Waals surface area contributed by atoms with E-state index in [-0.39, 0.29) is 5.91 Å². The first-order valence-electron chi connectivity index (χ1n) is 5.32. The van der Waals surface area contributed by atoms with E-state index in [1.54, 1.807) is 6.26 Å². The van der Waals surface area contributed by atoms with E-state index in [1.165, 1.54) is 0 Å². The number of hydrogen-bond donors (Lipinski definition) is 2. The van der Waals surface area contributed by atoms with Gasteiger partial charge in [0.25, 0.3) is 0 Å². The highest BCUT2D eigenvalue weighted by Crippen LogP contribution is 2.03. The van der Waals surface area contributed by atoms with Gasteiger partial charge in [0.05, 0.1) is 6.26 Å². The number of aryl methyl sites for hydroxylation is 1. The molecule has 1 aromatic heterocycles.